The Kier molecular flexibility index (Phi) is 4.91. The molecule has 0 saturated heterocycles. The van der Waals surface area contributed by atoms with Gasteiger partial charge in [0.15, 0.2) is 5.11 Å². The molecule has 0 fully saturated rings. The lowest BCUT2D eigenvalue weighted by molar-refractivity contribution is 0.507. The Bertz CT molecular complexity index is 638. The van der Waals surface area contributed by atoms with E-state index in [0.717, 1.165) is 16.8 Å². The van der Waals surface area contributed by atoms with Crippen LogP contribution in [-0.4, -0.2) is 17.1 Å². The predicted molar refractivity (Wildman–Crippen MR) is 90.0 cm³/mol. The maximum atomic E-state index is 12.9. The molecule has 0 atom stereocenters. The van der Waals surface area contributed by atoms with E-state index in [1.165, 1.54) is 17.7 Å². The summed E-state index contributed by atoms with van der Waals surface area (Å²) in [5, 5.41) is 3.91. The minimum Gasteiger partial charge on any atom is -0.348 e. The van der Waals surface area contributed by atoms with Crippen molar-refractivity contribution in [3.8, 4) is 0 Å². The molecule has 0 aliphatic rings. The van der Waals surface area contributed by atoms with E-state index in [2.05, 4.69) is 30.4 Å². The first kappa shape index (κ1) is 15.4. The Morgan fingerprint density at radius 3 is 2.48 bits per heavy atom. The zero-order valence-corrected chi connectivity index (χ0v) is 13.3. The molecule has 0 unspecified atom stereocenters. The maximum Gasteiger partial charge on any atom is 0.173 e. The van der Waals surface area contributed by atoms with E-state index in [1.807, 2.05) is 18.9 Å². The third-order valence-corrected chi connectivity index (χ3v) is 3.73. The molecule has 2 rings (SSSR count). The first-order valence-electron chi connectivity index (χ1n) is 6.79. The fourth-order valence-corrected chi connectivity index (χ4v) is 2.19. The van der Waals surface area contributed by atoms with Gasteiger partial charge in [-0.25, -0.2) is 4.39 Å². The first-order valence-corrected chi connectivity index (χ1v) is 7.20. The van der Waals surface area contributed by atoms with Crippen molar-refractivity contribution in [2.24, 2.45) is 0 Å². The second-order valence-corrected chi connectivity index (χ2v) is 5.62. The van der Waals surface area contributed by atoms with Crippen molar-refractivity contribution in [1.29, 1.82) is 0 Å². The second kappa shape index (κ2) is 6.68. The summed E-state index contributed by atoms with van der Waals surface area (Å²) in [5.74, 6) is -0.225. The van der Waals surface area contributed by atoms with Gasteiger partial charge in [0, 0.05) is 19.3 Å². The Labute approximate surface area is 130 Å². The van der Waals surface area contributed by atoms with Crippen LogP contribution in [0.15, 0.2) is 42.5 Å². The molecule has 2 nitrogen and oxygen atoms in total. The molecular formula is C17H19FN2S. The topological polar surface area (TPSA) is 15.3 Å². The molecule has 21 heavy (non-hydrogen) atoms. The van der Waals surface area contributed by atoms with Crippen LogP contribution in [0.1, 0.15) is 16.7 Å². The number of aryl methyl sites for hydroxylation is 2. The lowest BCUT2D eigenvalue weighted by atomic mass is 10.1. The smallest absolute Gasteiger partial charge is 0.173 e. The van der Waals surface area contributed by atoms with Crippen molar-refractivity contribution in [2.75, 3.05) is 12.4 Å². The average Bonchev–Trinajstić information content (AvgIpc) is 2.45. The largest absolute Gasteiger partial charge is 0.348 e. The molecule has 110 valence electrons. The summed E-state index contributed by atoms with van der Waals surface area (Å²) in [6.45, 7) is 4.73. The molecule has 0 saturated carbocycles. The number of hydrogen-bond acceptors (Lipinski definition) is 1. The summed E-state index contributed by atoms with van der Waals surface area (Å²) in [7, 11) is 1.92. The maximum absolute atomic E-state index is 12.9. The summed E-state index contributed by atoms with van der Waals surface area (Å²) in [6, 6.07) is 12.7. The number of rotatable bonds is 3. The van der Waals surface area contributed by atoms with Crippen molar-refractivity contribution < 1.29 is 4.39 Å². The van der Waals surface area contributed by atoms with Crippen molar-refractivity contribution >= 4 is 23.0 Å². The highest BCUT2D eigenvalue weighted by atomic mass is 32.1. The van der Waals surface area contributed by atoms with Crippen LogP contribution in [0.5, 0.6) is 0 Å². The predicted octanol–water partition coefficient (Wildman–Crippen LogP) is 4.27. The highest BCUT2D eigenvalue weighted by Gasteiger charge is 2.07. The zero-order chi connectivity index (χ0) is 15.4. The van der Waals surface area contributed by atoms with Gasteiger partial charge >= 0.3 is 0 Å². The normalized spacial score (nSPS) is 10.3. The minimum absolute atomic E-state index is 0.225. The molecule has 0 heterocycles. The van der Waals surface area contributed by atoms with Crippen LogP contribution in [-0.2, 0) is 6.54 Å². The van der Waals surface area contributed by atoms with E-state index >= 15 is 0 Å². The Morgan fingerprint density at radius 1 is 1.14 bits per heavy atom. The lowest BCUT2D eigenvalue weighted by Gasteiger charge is -2.22. The van der Waals surface area contributed by atoms with Gasteiger partial charge in [-0.2, -0.15) is 0 Å². The van der Waals surface area contributed by atoms with E-state index in [4.69, 9.17) is 12.2 Å². The number of anilines is 1. The zero-order valence-electron chi connectivity index (χ0n) is 12.5. The summed E-state index contributed by atoms with van der Waals surface area (Å²) >= 11 is 5.43. The quantitative estimate of drug-likeness (QED) is 0.852. The molecule has 0 spiro atoms. The molecule has 0 aliphatic carbocycles. The molecule has 1 N–H and O–H groups in total. The highest BCUT2D eigenvalue weighted by molar-refractivity contribution is 7.80. The number of thiocarbonyl (C=S) groups is 1. The summed E-state index contributed by atoms with van der Waals surface area (Å²) < 4.78 is 12.9. The summed E-state index contributed by atoms with van der Waals surface area (Å²) in [6.07, 6.45) is 0. The lowest BCUT2D eigenvalue weighted by Crippen LogP contribution is -2.30. The monoisotopic (exact) mass is 302 g/mol. The van der Waals surface area contributed by atoms with Crippen molar-refractivity contribution in [3.05, 3.63) is 65.0 Å². The molecule has 0 aromatic heterocycles. The van der Waals surface area contributed by atoms with Gasteiger partial charge in [0.25, 0.3) is 0 Å². The van der Waals surface area contributed by atoms with Crippen LogP contribution in [0, 0.1) is 19.7 Å². The number of halogens is 1. The van der Waals surface area contributed by atoms with Crippen LogP contribution in [0.2, 0.25) is 0 Å². The fourth-order valence-electron chi connectivity index (χ4n) is 2.02. The number of benzene rings is 2. The number of nitrogens with one attached hydrogen (secondary N) is 1. The van der Waals surface area contributed by atoms with Gasteiger partial charge in [-0.05, 0) is 61.0 Å². The van der Waals surface area contributed by atoms with Crippen molar-refractivity contribution in [2.45, 2.75) is 20.4 Å². The number of hydrogen-bond donors (Lipinski definition) is 1. The summed E-state index contributed by atoms with van der Waals surface area (Å²) in [4.78, 5) is 1.93. The van der Waals surface area contributed by atoms with Gasteiger partial charge in [-0.1, -0.05) is 24.3 Å². The van der Waals surface area contributed by atoms with Crippen molar-refractivity contribution in [3.63, 3.8) is 0 Å². The fraction of sp³-hybridized carbons (Fsp3) is 0.235. The first-order chi connectivity index (χ1) is 9.95. The molecule has 2 aromatic rings. The summed E-state index contributed by atoms with van der Waals surface area (Å²) in [5.41, 5.74) is 4.38. The molecular weight excluding hydrogens is 283 g/mol. The van der Waals surface area contributed by atoms with Crippen LogP contribution < -0.4 is 5.32 Å². The minimum atomic E-state index is -0.225. The van der Waals surface area contributed by atoms with Gasteiger partial charge in [-0.3, -0.25) is 0 Å². The highest BCUT2D eigenvalue weighted by Crippen LogP contribution is 2.17. The SMILES string of the molecule is Cc1ccc(C)c(NC(=S)N(C)Cc2ccc(F)cc2)c1. The van der Waals surface area contributed by atoms with Gasteiger partial charge in [-0.15, -0.1) is 0 Å². The molecule has 0 bridgehead atoms. The second-order valence-electron chi connectivity index (χ2n) is 5.23. The average molecular weight is 302 g/mol. The van der Waals surface area contributed by atoms with Crippen molar-refractivity contribution in [1.82, 2.24) is 4.90 Å². The Balaban J connectivity index is 2.02. The molecule has 0 radical (unpaired) electrons. The van der Waals surface area contributed by atoms with Gasteiger partial charge in [0.2, 0.25) is 0 Å². The number of nitrogens with zero attached hydrogens (tertiary/aromatic N) is 1. The van der Waals surface area contributed by atoms with Gasteiger partial charge in [0.05, 0.1) is 0 Å². The molecule has 2 aromatic carbocycles. The van der Waals surface area contributed by atoms with Crippen LogP contribution in [0.3, 0.4) is 0 Å². The van der Waals surface area contributed by atoms with E-state index in [9.17, 15) is 4.39 Å². The Morgan fingerprint density at radius 2 is 1.81 bits per heavy atom. The molecule has 4 heteroatoms. The van der Waals surface area contributed by atoms with E-state index in [1.54, 1.807) is 12.1 Å². The third kappa shape index (κ3) is 4.26. The van der Waals surface area contributed by atoms with Gasteiger partial charge < -0.3 is 10.2 Å². The van der Waals surface area contributed by atoms with Crippen LogP contribution >= 0.6 is 12.2 Å². The van der Waals surface area contributed by atoms with Gasteiger partial charge in [0.1, 0.15) is 5.82 Å². The molecule has 0 amide bonds. The van der Waals surface area contributed by atoms with E-state index in [0.29, 0.717) is 11.7 Å². The van der Waals surface area contributed by atoms with E-state index in [-0.39, 0.29) is 5.82 Å². The Hall–Kier alpha value is -1.94. The van der Waals surface area contributed by atoms with Crippen LogP contribution in [0.25, 0.3) is 0 Å². The standard InChI is InChI=1S/C17H19FN2S/c1-12-4-5-13(2)16(10-12)19-17(21)20(3)11-14-6-8-15(18)9-7-14/h4-10H,11H2,1-3H3,(H,19,21). The molecule has 0 aliphatic heterocycles. The van der Waals surface area contributed by atoms with Crippen LogP contribution in [0.4, 0.5) is 10.1 Å². The third-order valence-electron chi connectivity index (χ3n) is 3.31. The van der Waals surface area contributed by atoms with E-state index < -0.39 is 0 Å².